The van der Waals surface area contributed by atoms with Gasteiger partial charge in [0.05, 0.1) is 0 Å². The monoisotopic (exact) mass is 423 g/mol. The van der Waals surface area contributed by atoms with Gasteiger partial charge >= 0.3 is 0 Å². The van der Waals surface area contributed by atoms with Gasteiger partial charge in [0.1, 0.15) is 11.0 Å². The molecule has 1 aromatic carbocycles. The van der Waals surface area contributed by atoms with Gasteiger partial charge < -0.3 is 15.5 Å². The van der Waals surface area contributed by atoms with Crippen LogP contribution in [0.4, 0.5) is 11.8 Å². The number of nitrogens with one attached hydrogen (secondary N) is 2. The van der Waals surface area contributed by atoms with Crippen molar-refractivity contribution in [1.82, 2.24) is 15.3 Å². The van der Waals surface area contributed by atoms with E-state index in [4.69, 9.17) is 35.4 Å². The van der Waals surface area contributed by atoms with Crippen LogP contribution in [0.3, 0.4) is 0 Å². The van der Waals surface area contributed by atoms with E-state index in [0.29, 0.717) is 39.6 Å². The van der Waals surface area contributed by atoms with Crippen LogP contribution in [0.5, 0.6) is 0 Å². The van der Waals surface area contributed by atoms with Crippen molar-refractivity contribution in [2.45, 2.75) is 26.8 Å². The number of piperidine rings is 1. The predicted octanol–water partition coefficient (Wildman–Crippen LogP) is 4.75. The molecule has 0 amide bonds. The summed E-state index contributed by atoms with van der Waals surface area (Å²) in [6, 6.07) is 9.43. The molecule has 1 aliphatic heterocycles. The fourth-order valence-electron chi connectivity index (χ4n) is 3.44. The topological polar surface area (TPSA) is 53.1 Å². The quantitative estimate of drug-likeness (QED) is 0.546. The molecule has 1 fully saturated rings. The number of aromatic nitrogens is 2. The number of hydrogen-bond acceptors (Lipinski definition) is 4. The van der Waals surface area contributed by atoms with Gasteiger partial charge in [0.15, 0.2) is 5.11 Å². The van der Waals surface area contributed by atoms with Crippen LogP contribution in [0.1, 0.15) is 25.8 Å². The highest BCUT2D eigenvalue weighted by molar-refractivity contribution is 7.80. The lowest BCUT2D eigenvalue weighted by Crippen LogP contribution is -2.39. The molecule has 27 heavy (non-hydrogen) atoms. The zero-order valence-electron chi connectivity index (χ0n) is 15.4. The first kappa shape index (κ1) is 20.1. The van der Waals surface area contributed by atoms with Crippen molar-refractivity contribution >= 4 is 52.3 Å². The molecule has 3 rings (SSSR count). The maximum Gasteiger partial charge on any atom is 0.232 e. The molecule has 2 atom stereocenters. The second-order valence-corrected chi connectivity index (χ2v) is 8.33. The van der Waals surface area contributed by atoms with E-state index >= 15 is 0 Å². The van der Waals surface area contributed by atoms with Crippen LogP contribution < -0.4 is 15.5 Å². The van der Waals surface area contributed by atoms with E-state index in [-0.39, 0.29) is 0 Å². The van der Waals surface area contributed by atoms with Crippen LogP contribution in [0.25, 0.3) is 0 Å². The third kappa shape index (κ3) is 5.67. The molecule has 0 saturated carbocycles. The smallest absolute Gasteiger partial charge is 0.232 e. The van der Waals surface area contributed by atoms with Crippen LogP contribution in [0, 0.1) is 11.8 Å². The van der Waals surface area contributed by atoms with E-state index in [1.807, 2.05) is 24.3 Å². The minimum Gasteiger partial charge on any atom is -0.358 e. The molecule has 144 valence electrons. The zero-order valence-corrected chi connectivity index (χ0v) is 17.7. The summed E-state index contributed by atoms with van der Waals surface area (Å²) in [5.74, 6) is 2.46. The second-order valence-electron chi connectivity index (χ2n) is 7.12. The number of rotatable bonds is 4. The molecular formula is C19H23Cl2N5S. The van der Waals surface area contributed by atoms with Gasteiger partial charge in [-0.25, -0.2) is 4.98 Å². The first-order valence-corrected chi connectivity index (χ1v) is 10.1. The predicted molar refractivity (Wildman–Crippen MR) is 117 cm³/mol. The average Bonchev–Trinajstić information content (AvgIpc) is 2.59. The second kappa shape index (κ2) is 9.04. The normalized spacial score (nSPS) is 19.6. The van der Waals surface area contributed by atoms with E-state index in [1.54, 1.807) is 6.07 Å². The van der Waals surface area contributed by atoms with Gasteiger partial charge in [0, 0.05) is 30.7 Å². The lowest BCUT2D eigenvalue weighted by molar-refractivity contribution is 0.355. The number of halogens is 2. The maximum absolute atomic E-state index is 6.22. The van der Waals surface area contributed by atoms with Gasteiger partial charge in [0.2, 0.25) is 5.95 Å². The first-order chi connectivity index (χ1) is 12.9. The maximum atomic E-state index is 6.22. The number of anilines is 2. The van der Waals surface area contributed by atoms with Crippen molar-refractivity contribution in [3.8, 4) is 0 Å². The molecule has 0 bridgehead atoms. The van der Waals surface area contributed by atoms with Crippen molar-refractivity contribution in [3.63, 3.8) is 0 Å². The van der Waals surface area contributed by atoms with Crippen LogP contribution in [-0.4, -0.2) is 28.2 Å². The molecule has 2 heterocycles. The Kier molecular flexibility index (Phi) is 6.73. The van der Waals surface area contributed by atoms with Crippen LogP contribution >= 0.6 is 35.4 Å². The lowest BCUT2D eigenvalue weighted by Gasteiger charge is -2.35. The molecule has 2 N–H and O–H groups in total. The molecule has 1 aromatic heterocycles. The number of thiocarbonyl (C=S) groups is 1. The van der Waals surface area contributed by atoms with E-state index in [2.05, 4.69) is 39.3 Å². The highest BCUT2D eigenvalue weighted by Crippen LogP contribution is 2.27. The Labute approximate surface area is 175 Å². The van der Waals surface area contributed by atoms with Crippen molar-refractivity contribution < 1.29 is 0 Å². The van der Waals surface area contributed by atoms with E-state index in [9.17, 15) is 0 Å². The van der Waals surface area contributed by atoms with Gasteiger partial charge in [0.25, 0.3) is 0 Å². The fraction of sp³-hybridized carbons (Fsp3) is 0.421. The molecule has 5 nitrogen and oxygen atoms in total. The molecule has 8 heteroatoms. The Morgan fingerprint density at radius 1 is 1.19 bits per heavy atom. The van der Waals surface area contributed by atoms with Gasteiger partial charge in [-0.2, -0.15) is 4.98 Å². The minimum atomic E-state index is 0.389. The highest BCUT2D eigenvalue weighted by atomic mass is 35.5. The van der Waals surface area contributed by atoms with Gasteiger partial charge in [-0.1, -0.05) is 55.2 Å². The lowest BCUT2D eigenvalue weighted by atomic mass is 9.92. The molecule has 1 aliphatic rings. The fourth-order valence-corrected chi connectivity index (χ4v) is 3.98. The highest BCUT2D eigenvalue weighted by Gasteiger charge is 2.23. The summed E-state index contributed by atoms with van der Waals surface area (Å²) in [5, 5.41) is 7.65. The number of hydrogen-bond donors (Lipinski definition) is 2. The molecular weight excluding hydrogens is 401 g/mol. The third-order valence-corrected chi connectivity index (χ3v) is 5.31. The third-order valence-electron chi connectivity index (χ3n) is 4.50. The van der Waals surface area contributed by atoms with Crippen LogP contribution in [0.15, 0.2) is 30.3 Å². The average molecular weight is 424 g/mol. The van der Waals surface area contributed by atoms with Crippen LogP contribution in [-0.2, 0) is 6.54 Å². The summed E-state index contributed by atoms with van der Waals surface area (Å²) < 4.78 is 0. The van der Waals surface area contributed by atoms with E-state index < -0.39 is 0 Å². The summed E-state index contributed by atoms with van der Waals surface area (Å²) >= 11 is 17.7. The molecule has 0 radical (unpaired) electrons. The van der Waals surface area contributed by atoms with Gasteiger partial charge in [-0.15, -0.1) is 0 Å². The summed E-state index contributed by atoms with van der Waals surface area (Å²) in [7, 11) is 0. The van der Waals surface area contributed by atoms with E-state index in [1.165, 1.54) is 6.42 Å². The molecule has 1 saturated heterocycles. The Morgan fingerprint density at radius 3 is 2.59 bits per heavy atom. The Morgan fingerprint density at radius 2 is 1.89 bits per heavy atom. The Balaban J connectivity index is 1.65. The van der Waals surface area contributed by atoms with Crippen molar-refractivity contribution in [1.29, 1.82) is 0 Å². The van der Waals surface area contributed by atoms with Gasteiger partial charge in [-0.05, 0) is 42.1 Å². The van der Waals surface area contributed by atoms with Crippen molar-refractivity contribution in [2.75, 3.05) is 23.3 Å². The number of nitrogens with zero attached hydrogens (tertiary/aromatic N) is 3. The number of benzene rings is 1. The largest absolute Gasteiger partial charge is 0.358 e. The molecule has 0 aliphatic carbocycles. The van der Waals surface area contributed by atoms with Crippen molar-refractivity contribution in [3.05, 3.63) is 46.1 Å². The SMILES string of the molecule is C[C@@H]1C[C@H](C)CN(c2cc(Cl)nc(NC(=S)NCc3ccccc3Cl)n2)C1. The molecule has 2 aromatic rings. The van der Waals surface area contributed by atoms with E-state index in [0.717, 1.165) is 24.5 Å². The standard InChI is InChI=1S/C19H23Cl2N5S/c1-12-7-13(2)11-26(10-12)17-8-16(21)23-18(24-17)25-19(27)22-9-14-5-3-4-6-15(14)20/h3-6,8,12-13H,7,9-11H2,1-2H3,(H2,22,23,24,25,27)/t12-,13+. The first-order valence-electron chi connectivity index (χ1n) is 8.98. The molecule has 0 spiro atoms. The van der Waals surface area contributed by atoms with Crippen LogP contribution in [0.2, 0.25) is 10.2 Å². The summed E-state index contributed by atoms with van der Waals surface area (Å²) in [5.41, 5.74) is 0.965. The Bertz CT molecular complexity index is 806. The van der Waals surface area contributed by atoms with Crippen molar-refractivity contribution in [2.24, 2.45) is 11.8 Å². The Hall–Kier alpha value is -1.63. The summed E-state index contributed by atoms with van der Waals surface area (Å²) in [6.07, 6.45) is 1.23. The minimum absolute atomic E-state index is 0.389. The molecule has 0 unspecified atom stereocenters. The summed E-state index contributed by atoms with van der Waals surface area (Å²) in [6.45, 7) is 6.97. The zero-order chi connectivity index (χ0) is 19.4. The summed E-state index contributed by atoms with van der Waals surface area (Å²) in [4.78, 5) is 11.1. The van der Waals surface area contributed by atoms with Gasteiger partial charge in [-0.3, -0.25) is 0 Å².